The van der Waals surface area contributed by atoms with E-state index in [2.05, 4.69) is 23.6 Å². The number of anilines is 1. The third-order valence-corrected chi connectivity index (χ3v) is 9.59. The molecule has 0 radical (unpaired) electrons. The number of fused-ring (bicyclic) bond motifs is 1. The van der Waals surface area contributed by atoms with Gasteiger partial charge in [0, 0.05) is 31.1 Å². The van der Waals surface area contributed by atoms with E-state index in [9.17, 15) is 12.8 Å². The first-order valence-electron chi connectivity index (χ1n) is 11.3. The van der Waals surface area contributed by atoms with Crippen molar-refractivity contribution in [2.75, 3.05) is 44.2 Å². The predicted octanol–water partition coefficient (Wildman–Crippen LogP) is 3.55. The van der Waals surface area contributed by atoms with E-state index in [0.717, 1.165) is 47.6 Å². The van der Waals surface area contributed by atoms with Crippen LogP contribution in [0.3, 0.4) is 0 Å². The fourth-order valence-corrected chi connectivity index (χ4v) is 7.13. The minimum Gasteiger partial charge on any atom is -0.353 e. The van der Waals surface area contributed by atoms with Crippen LogP contribution in [-0.4, -0.2) is 66.9 Å². The molecule has 33 heavy (non-hydrogen) atoms. The molecular formula is C23H28FN5O2S2. The van der Waals surface area contributed by atoms with Crippen molar-refractivity contribution in [3.8, 4) is 0 Å². The Balaban J connectivity index is 1.41. The number of piperazine rings is 1. The maximum absolute atomic E-state index is 13.6. The summed E-state index contributed by atoms with van der Waals surface area (Å²) in [4.78, 5) is 16.6. The number of hydrogen-bond donors (Lipinski definition) is 0. The van der Waals surface area contributed by atoms with Crippen LogP contribution in [0.15, 0.2) is 29.2 Å². The molecule has 0 spiro atoms. The molecule has 0 bridgehead atoms. The Morgan fingerprint density at radius 3 is 2.45 bits per heavy atom. The van der Waals surface area contributed by atoms with Gasteiger partial charge < -0.3 is 4.90 Å². The van der Waals surface area contributed by atoms with E-state index in [0.29, 0.717) is 26.2 Å². The smallest absolute Gasteiger partial charge is 0.243 e. The molecule has 2 saturated heterocycles. The Morgan fingerprint density at radius 1 is 1.03 bits per heavy atom. The fourth-order valence-electron chi connectivity index (χ4n) is 4.63. The monoisotopic (exact) mass is 489 g/mol. The van der Waals surface area contributed by atoms with Crippen molar-refractivity contribution in [1.82, 2.24) is 19.2 Å². The van der Waals surface area contributed by atoms with Crippen LogP contribution in [-0.2, 0) is 16.6 Å². The van der Waals surface area contributed by atoms with Crippen molar-refractivity contribution in [3.05, 3.63) is 46.3 Å². The molecule has 0 saturated carbocycles. The van der Waals surface area contributed by atoms with E-state index in [-0.39, 0.29) is 4.90 Å². The summed E-state index contributed by atoms with van der Waals surface area (Å²) in [6, 6.07) is 5.21. The molecule has 2 aromatic heterocycles. The summed E-state index contributed by atoms with van der Waals surface area (Å²) < 4.78 is 41.1. The Hall–Kier alpha value is -2.14. The van der Waals surface area contributed by atoms with E-state index in [1.54, 1.807) is 11.3 Å². The Morgan fingerprint density at radius 2 is 1.76 bits per heavy atom. The summed E-state index contributed by atoms with van der Waals surface area (Å²) in [6.07, 6.45) is 2.43. The second kappa shape index (κ2) is 8.90. The molecule has 2 fully saturated rings. The lowest BCUT2D eigenvalue weighted by Crippen LogP contribution is -2.49. The molecule has 176 valence electrons. The normalized spacial score (nSPS) is 18.5. The highest BCUT2D eigenvalue weighted by Crippen LogP contribution is 2.36. The van der Waals surface area contributed by atoms with Crippen molar-refractivity contribution in [2.45, 2.75) is 38.1 Å². The lowest BCUT2D eigenvalue weighted by atomic mass is 10.2. The van der Waals surface area contributed by atoms with Crippen LogP contribution in [0, 0.1) is 19.7 Å². The van der Waals surface area contributed by atoms with E-state index in [4.69, 9.17) is 9.97 Å². The molecule has 0 unspecified atom stereocenters. The Labute approximate surface area is 197 Å². The number of benzene rings is 1. The molecular weight excluding hydrogens is 461 g/mol. The Kier molecular flexibility index (Phi) is 6.11. The first-order chi connectivity index (χ1) is 15.8. The number of nitrogens with zero attached hydrogens (tertiary/aromatic N) is 5. The zero-order valence-electron chi connectivity index (χ0n) is 18.9. The molecule has 4 heterocycles. The fraction of sp³-hybridized carbons (Fsp3) is 0.478. The van der Waals surface area contributed by atoms with Gasteiger partial charge in [0.1, 0.15) is 22.3 Å². The Bertz CT molecular complexity index is 1280. The number of halogens is 1. The van der Waals surface area contributed by atoms with E-state index in [1.807, 2.05) is 0 Å². The second-order valence-electron chi connectivity index (χ2n) is 8.76. The third-order valence-electron chi connectivity index (χ3n) is 6.59. The van der Waals surface area contributed by atoms with Gasteiger partial charge >= 0.3 is 0 Å². The highest BCUT2D eigenvalue weighted by molar-refractivity contribution is 7.89. The lowest BCUT2D eigenvalue weighted by molar-refractivity contribution is 0.322. The van der Waals surface area contributed by atoms with Gasteiger partial charge in [-0.2, -0.15) is 4.31 Å². The summed E-state index contributed by atoms with van der Waals surface area (Å²) in [6.45, 7) is 8.82. The van der Waals surface area contributed by atoms with Crippen LogP contribution in [0.1, 0.15) is 29.1 Å². The molecule has 2 aliphatic heterocycles. The van der Waals surface area contributed by atoms with Gasteiger partial charge in [-0.05, 0) is 63.5 Å². The van der Waals surface area contributed by atoms with Gasteiger partial charge in [-0.15, -0.1) is 11.3 Å². The van der Waals surface area contributed by atoms with Gasteiger partial charge in [0.15, 0.2) is 0 Å². The van der Waals surface area contributed by atoms with Gasteiger partial charge in [-0.1, -0.05) is 6.07 Å². The SMILES string of the molecule is Cc1sc2nc(CN3CCCC3)nc(N3CCN(S(=O)(=O)c4cccc(F)c4)CC3)c2c1C. The van der Waals surface area contributed by atoms with Crippen LogP contribution in [0.5, 0.6) is 0 Å². The molecule has 10 heteroatoms. The minimum absolute atomic E-state index is 0.00224. The van der Waals surface area contributed by atoms with Gasteiger partial charge in [0.2, 0.25) is 10.0 Å². The highest BCUT2D eigenvalue weighted by Gasteiger charge is 2.31. The number of likely N-dealkylation sites (tertiary alicyclic amines) is 1. The average Bonchev–Trinajstić information content (AvgIpc) is 3.41. The third kappa shape index (κ3) is 4.37. The number of hydrogen-bond acceptors (Lipinski definition) is 7. The summed E-state index contributed by atoms with van der Waals surface area (Å²) in [5.74, 6) is 1.18. The van der Waals surface area contributed by atoms with Crippen LogP contribution in [0.25, 0.3) is 10.2 Å². The second-order valence-corrected chi connectivity index (χ2v) is 11.9. The topological polar surface area (TPSA) is 69.6 Å². The lowest BCUT2D eigenvalue weighted by Gasteiger charge is -2.35. The molecule has 0 amide bonds. The maximum Gasteiger partial charge on any atom is 0.243 e. The quantitative estimate of drug-likeness (QED) is 0.546. The van der Waals surface area contributed by atoms with Crippen molar-refractivity contribution in [3.63, 3.8) is 0 Å². The zero-order valence-corrected chi connectivity index (χ0v) is 20.6. The van der Waals surface area contributed by atoms with Crippen molar-refractivity contribution < 1.29 is 12.8 Å². The first-order valence-corrected chi connectivity index (χ1v) is 13.6. The number of rotatable bonds is 5. The van der Waals surface area contributed by atoms with Crippen LogP contribution in [0.2, 0.25) is 0 Å². The molecule has 0 N–H and O–H groups in total. The van der Waals surface area contributed by atoms with Crippen LogP contribution >= 0.6 is 11.3 Å². The first kappa shape index (κ1) is 22.6. The molecule has 7 nitrogen and oxygen atoms in total. The predicted molar refractivity (Wildman–Crippen MR) is 129 cm³/mol. The van der Waals surface area contributed by atoms with Crippen molar-refractivity contribution in [2.24, 2.45) is 0 Å². The highest BCUT2D eigenvalue weighted by atomic mass is 32.2. The molecule has 3 aromatic rings. The van der Waals surface area contributed by atoms with Crippen LogP contribution in [0.4, 0.5) is 10.2 Å². The van der Waals surface area contributed by atoms with Gasteiger partial charge in [-0.3, -0.25) is 4.90 Å². The molecule has 5 rings (SSSR count). The maximum atomic E-state index is 13.6. The number of aromatic nitrogens is 2. The summed E-state index contributed by atoms with van der Waals surface area (Å²) in [7, 11) is -3.73. The number of thiophene rings is 1. The zero-order chi connectivity index (χ0) is 23.2. The molecule has 0 atom stereocenters. The molecule has 2 aliphatic rings. The average molecular weight is 490 g/mol. The van der Waals surface area contributed by atoms with Gasteiger partial charge in [0.25, 0.3) is 0 Å². The van der Waals surface area contributed by atoms with E-state index >= 15 is 0 Å². The minimum atomic E-state index is -3.73. The number of sulfonamides is 1. The molecule has 0 aliphatic carbocycles. The largest absolute Gasteiger partial charge is 0.353 e. The standard InChI is InChI=1S/C23H28FN5O2S2/c1-16-17(2)32-23-21(16)22(25-20(26-23)15-27-8-3-4-9-27)28-10-12-29(13-11-28)33(30,31)19-7-5-6-18(24)14-19/h5-7,14H,3-4,8-13,15H2,1-2H3. The van der Waals surface area contributed by atoms with Gasteiger partial charge in [0.05, 0.1) is 16.8 Å². The van der Waals surface area contributed by atoms with Crippen molar-refractivity contribution >= 4 is 37.4 Å². The van der Waals surface area contributed by atoms with Crippen molar-refractivity contribution in [1.29, 1.82) is 0 Å². The summed E-state index contributed by atoms with van der Waals surface area (Å²) >= 11 is 1.69. The van der Waals surface area contributed by atoms with E-state index in [1.165, 1.54) is 45.8 Å². The summed E-state index contributed by atoms with van der Waals surface area (Å²) in [5.41, 5.74) is 1.19. The van der Waals surface area contributed by atoms with Gasteiger partial charge in [-0.25, -0.2) is 22.8 Å². The summed E-state index contributed by atoms with van der Waals surface area (Å²) in [5, 5.41) is 1.07. The van der Waals surface area contributed by atoms with E-state index < -0.39 is 15.8 Å². The van der Waals surface area contributed by atoms with Crippen LogP contribution < -0.4 is 4.90 Å². The number of aryl methyl sites for hydroxylation is 2. The molecule has 1 aromatic carbocycles.